The fourth-order valence-corrected chi connectivity index (χ4v) is 2.50. The van der Waals surface area contributed by atoms with Crippen LogP contribution in [0.1, 0.15) is 31.4 Å². The summed E-state index contributed by atoms with van der Waals surface area (Å²) in [5.74, 6) is -0.234. The smallest absolute Gasteiger partial charge is 0.137 e. The van der Waals surface area contributed by atoms with Gasteiger partial charge >= 0.3 is 0 Å². The quantitative estimate of drug-likeness (QED) is 0.924. The minimum Gasteiger partial charge on any atom is -0.368 e. The first kappa shape index (κ1) is 13.0. The van der Waals surface area contributed by atoms with Crippen molar-refractivity contribution < 1.29 is 9.13 Å². The van der Waals surface area contributed by atoms with Crippen LogP contribution in [0.4, 0.5) is 4.39 Å². The van der Waals surface area contributed by atoms with Crippen LogP contribution in [0.3, 0.4) is 0 Å². The topological polar surface area (TPSA) is 21.3 Å². The third-order valence-corrected chi connectivity index (χ3v) is 3.59. The van der Waals surface area contributed by atoms with E-state index in [9.17, 15) is 4.39 Å². The number of ether oxygens (including phenoxy) is 1. The highest BCUT2D eigenvalue weighted by molar-refractivity contribution is 9.10. The molecule has 0 aliphatic carbocycles. The van der Waals surface area contributed by atoms with E-state index >= 15 is 0 Å². The van der Waals surface area contributed by atoms with Crippen molar-refractivity contribution in [1.82, 2.24) is 5.32 Å². The van der Waals surface area contributed by atoms with E-state index in [-0.39, 0.29) is 18.0 Å². The zero-order valence-corrected chi connectivity index (χ0v) is 11.5. The highest BCUT2D eigenvalue weighted by Gasteiger charge is 2.23. The van der Waals surface area contributed by atoms with Crippen molar-refractivity contribution in [3.8, 4) is 0 Å². The Kier molecular flexibility index (Phi) is 4.54. The van der Waals surface area contributed by atoms with Crippen LogP contribution in [0.5, 0.6) is 0 Å². The summed E-state index contributed by atoms with van der Waals surface area (Å²) >= 11 is 3.21. The van der Waals surface area contributed by atoms with Crippen LogP contribution in [-0.2, 0) is 4.74 Å². The monoisotopic (exact) mass is 301 g/mol. The van der Waals surface area contributed by atoms with Crippen LogP contribution < -0.4 is 5.32 Å². The standard InChI is InChI=1S/C13H17BrFNO/c1-2-3-10-7-16-8-13(17-10)9-4-5-12(15)11(14)6-9/h4-6,10,13,16H,2-3,7-8H2,1H3. The first-order valence-electron chi connectivity index (χ1n) is 6.02. The molecule has 1 saturated heterocycles. The van der Waals surface area contributed by atoms with Gasteiger partial charge in [-0.05, 0) is 40.0 Å². The van der Waals surface area contributed by atoms with E-state index in [1.165, 1.54) is 6.07 Å². The van der Waals surface area contributed by atoms with E-state index in [0.717, 1.165) is 31.5 Å². The molecule has 4 heteroatoms. The summed E-state index contributed by atoms with van der Waals surface area (Å²) in [4.78, 5) is 0. The highest BCUT2D eigenvalue weighted by atomic mass is 79.9. The molecule has 1 heterocycles. The number of morpholine rings is 1. The number of rotatable bonds is 3. The van der Waals surface area contributed by atoms with Crippen molar-refractivity contribution >= 4 is 15.9 Å². The predicted octanol–water partition coefficient (Wildman–Crippen LogP) is 3.42. The van der Waals surface area contributed by atoms with E-state index < -0.39 is 0 Å². The minimum absolute atomic E-state index is 0.0252. The molecule has 0 spiro atoms. The second kappa shape index (κ2) is 5.94. The summed E-state index contributed by atoms with van der Waals surface area (Å²) < 4.78 is 19.7. The lowest BCUT2D eigenvalue weighted by Gasteiger charge is -2.31. The molecule has 1 aromatic carbocycles. The van der Waals surface area contributed by atoms with Gasteiger partial charge in [0.05, 0.1) is 16.7 Å². The first-order valence-corrected chi connectivity index (χ1v) is 6.81. The second-order valence-electron chi connectivity index (χ2n) is 4.37. The van der Waals surface area contributed by atoms with Gasteiger partial charge in [0.25, 0.3) is 0 Å². The minimum atomic E-state index is -0.234. The van der Waals surface area contributed by atoms with Gasteiger partial charge in [-0.2, -0.15) is 0 Å². The van der Waals surface area contributed by atoms with Crippen molar-refractivity contribution in [3.05, 3.63) is 34.1 Å². The van der Waals surface area contributed by atoms with Crippen molar-refractivity contribution in [2.24, 2.45) is 0 Å². The SMILES string of the molecule is CCCC1CNCC(c2ccc(F)c(Br)c2)O1. The second-order valence-corrected chi connectivity index (χ2v) is 5.22. The molecule has 1 aliphatic rings. The van der Waals surface area contributed by atoms with Crippen LogP contribution in [0.15, 0.2) is 22.7 Å². The summed E-state index contributed by atoms with van der Waals surface area (Å²) in [5.41, 5.74) is 1.02. The number of benzene rings is 1. The fourth-order valence-electron chi connectivity index (χ4n) is 2.11. The van der Waals surface area contributed by atoms with Gasteiger partial charge in [-0.1, -0.05) is 19.4 Å². The molecule has 0 amide bonds. The van der Waals surface area contributed by atoms with E-state index in [0.29, 0.717) is 4.47 Å². The first-order chi connectivity index (χ1) is 8.20. The van der Waals surface area contributed by atoms with E-state index in [2.05, 4.69) is 28.2 Å². The molecular formula is C13H17BrFNO. The summed E-state index contributed by atoms with van der Waals surface area (Å²) in [6.45, 7) is 3.85. The fraction of sp³-hybridized carbons (Fsp3) is 0.538. The molecule has 1 N–H and O–H groups in total. The molecule has 2 atom stereocenters. The Labute approximate surface area is 110 Å². The van der Waals surface area contributed by atoms with Gasteiger partial charge in [0.1, 0.15) is 5.82 Å². The molecule has 94 valence electrons. The van der Waals surface area contributed by atoms with Gasteiger partial charge < -0.3 is 10.1 Å². The van der Waals surface area contributed by atoms with E-state index in [1.54, 1.807) is 12.1 Å². The van der Waals surface area contributed by atoms with Crippen LogP contribution >= 0.6 is 15.9 Å². The van der Waals surface area contributed by atoms with Crippen LogP contribution in [-0.4, -0.2) is 19.2 Å². The van der Waals surface area contributed by atoms with Crippen LogP contribution in [0.2, 0.25) is 0 Å². The normalized spacial score (nSPS) is 24.9. The molecule has 2 nitrogen and oxygen atoms in total. The average molecular weight is 302 g/mol. The lowest BCUT2D eigenvalue weighted by Crippen LogP contribution is -2.40. The lowest BCUT2D eigenvalue weighted by molar-refractivity contribution is -0.0425. The molecular weight excluding hydrogens is 285 g/mol. The van der Waals surface area contributed by atoms with Crippen LogP contribution in [0.25, 0.3) is 0 Å². The van der Waals surface area contributed by atoms with Gasteiger partial charge in [0, 0.05) is 13.1 Å². The molecule has 1 fully saturated rings. The van der Waals surface area contributed by atoms with Crippen LogP contribution in [0, 0.1) is 5.82 Å². The van der Waals surface area contributed by atoms with Gasteiger partial charge in [0.2, 0.25) is 0 Å². The molecule has 1 aromatic rings. The van der Waals surface area contributed by atoms with Crippen molar-refractivity contribution in [2.45, 2.75) is 32.0 Å². The van der Waals surface area contributed by atoms with Crippen molar-refractivity contribution in [2.75, 3.05) is 13.1 Å². The summed E-state index contributed by atoms with van der Waals surface area (Å²) in [6, 6.07) is 5.07. The van der Waals surface area contributed by atoms with Gasteiger partial charge in [-0.25, -0.2) is 4.39 Å². The summed E-state index contributed by atoms with van der Waals surface area (Å²) in [7, 11) is 0. The molecule has 2 rings (SSSR count). The van der Waals surface area contributed by atoms with Crippen molar-refractivity contribution in [3.63, 3.8) is 0 Å². The summed E-state index contributed by atoms with van der Waals surface area (Å²) in [5, 5.41) is 3.37. The molecule has 0 radical (unpaired) electrons. The maximum atomic E-state index is 13.2. The molecule has 1 aliphatic heterocycles. The zero-order chi connectivity index (χ0) is 12.3. The predicted molar refractivity (Wildman–Crippen MR) is 69.5 cm³/mol. The Morgan fingerprint density at radius 1 is 1.47 bits per heavy atom. The van der Waals surface area contributed by atoms with Gasteiger partial charge in [-0.3, -0.25) is 0 Å². The molecule has 17 heavy (non-hydrogen) atoms. The Morgan fingerprint density at radius 2 is 2.29 bits per heavy atom. The Bertz CT molecular complexity index is 384. The Hall–Kier alpha value is -0.450. The number of nitrogens with one attached hydrogen (secondary N) is 1. The Balaban J connectivity index is 2.08. The zero-order valence-electron chi connectivity index (χ0n) is 9.88. The van der Waals surface area contributed by atoms with Gasteiger partial charge in [0.15, 0.2) is 0 Å². The number of hydrogen-bond acceptors (Lipinski definition) is 2. The lowest BCUT2D eigenvalue weighted by atomic mass is 10.1. The highest BCUT2D eigenvalue weighted by Crippen LogP contribution is 2.26. The van der Waals surface area contributed by atoms with E-state index in [1.807, 2.05) is 0 Å². The van der Waals surface area contributed by atoms with Crippen molar-refractivity contribution in [1.29, 1.82) is 0 Å². The third-order valence-electron chi connectivity index (χ3n) is 2.98. The Morgan fingerprint density at radius 3 is 3.00 bits per heavy atom. The summed E-state index contributed by atoms with van der Waals surface area (Å²) in [6.07, 6.45) is 2.47. The molecule has 2 unspecified atom stereocenters. The molecule has 0 bridgehead atoms. The maximum Gasteiger partial charge on any atom is 0.137 e. The number of halogens is 2. The average Bonchev–Trinajstić information content (AvgIpc) is 2.33. The number of hydrogen-bond donors (Lipinski definition) is 1. The largest absolute Gasteiger partial charge is 0.368 e. The molecule has 0 saturated carbocycles. The molecule has 0 aromatic heterocycles. The van der Waals surface area contributed by atoms with Gasteiger partial charge in [-0.15, -0.1) is 0 Å². The third kappa shape index (κ3) is 3.27. The van der Waals surface area contributed by atoms with E-state index in [4.69, 9.17) is 4.74 Å². The maximum absolute atomic E-state index is 13.2.